The number of ether oxygens (including phenoxy) is 2. The molecule has 1 fully saturated rings. The average molecular weight is 206 g/mol. The molecular weight excluding hydrogens is 192 g/mol. The van der Waals surface area contributed by atoms with Crippen molar-refractivity contribution < 1.29 is 14.3 Å². The standard InChI is InChI=1S/C12H14O3/c1-9-5-3-4-6-10(9)12(7-15-8-12)11(13)14-2/h3-6H,7-8H2,1-2H3. The minimum absolute atomic E-state index is 0.206. The van der Waals surface area contributed by atoms with Crippen LogP contribution < -0.4 is 0 Å². The van der Waals surface area contributed by atoms with Crippen molar-refractivity contribution in [3.05, 3.63) is 35.4 Å². The van der Waals surface area contributed by atoms with Crippen molar-refractivity contribution in [2.24, 2.45) is 0 Å². The summed E-state index contributed by atoms with van der Waals surface area (Å²) in [5.74, 6) is -0.206. The topological polar surface area (TPSA) is 35.5 Å². The maximum absolute atomic E-state index is 11.8. The fraction of sp³-hybridized carbons (Fsp3) is 0.417. The third-order valence-electron chi connectivity index (χ3n) is 2.93. The van der Waals surface area contributed by atoms with Gasteiger partial charge in [-0.05, 0) is 18.1 Å². The molecular formula is C12H14O3. The van der Waals surface area contributed by atoms with E-state index in [2.05, 4.69) is 0 Å². The van der Waals surface area contributed by atoms with Gasteiger partial charge < -0.3 is 9.47 Å². The van der Waals surface area contributed by atoms with E-state index in [0.29, 0.717) is 13.2 Å². The van der Waals surface area contributed by atoms with Gasteiger partial charge in [0, 0.05) is 0 Å². The Morgan fingerprint density at radius 3 is 2.53 bits per heavy atom. The first-order valence-corrected chi connectivity index (χ1v) is 4.93. The highest BCUT2D eigenvalue weighted by Gasteiger charge is 2.49. The first kappa shape index (κ1) is 10.2. The molecule has 0 saturated carbocycles. The Morgan fingerprint density at radius 2 is 2.07 bits per heavy atom. The number of hydrogen-bond acceptors (Lipinski definition) is 3. The molecule has 0 spiro atoms. The van der Waals surface area contributed by atoms with Crippen LogP contribution in [-0.4, -0.2) is 26.3 Å². The normalized spacial score (nSPS) is 18.0. The molecule has 0 atom stereocenters. The summed E-state index contributed by atoms with van der Waals surface area (Å²) in [4.78, 5) is 11.8. The van der Waals surface area contributed by atoms with Gasteiger partial charge >= 0.3 is 5.97 Å². The molecule has 0 N–H and O–H groups in total. The van der Waals surface area contributed by atoms with Crippen molar-refractivity contribution in [2.45, 2.75) is 12.3 Å². The van der Waals surface area contributed by atoms with E-state index in [-0.39, 0.29) is 5.97 Å². The summed E-state index contributed by atoms with van der Waals surface area (Å²) in [5, 5.41) is 0. The van der Waals surface area contributed by atoms with E-state index in [1.54, 1.807) is 0 Å². The van der Waals surface area contributed by atoms with Crippen LogP contribution in [0.4, 0.5) is 0 Å². The number of aryl methyl sites for hydroxylation is 1. The molecule has 3 heteroatoms. The van der Waals surface area contributed by atoms with E-state index >= 15 is 0 Å². The molecule has 1 aliphatic rings. The van der Waals surface area contributed by atoms with Crippen LogP contribution in [0.5, 0.6) is 0 Å². The monoisotopic (exact) mass is 206 g/mol. The quantitative estimate of drug-likeness (QED) is 0.687. The highest BCUT2D eigenvalue weighted by molar-refractivity contribution is 5.85. The largest absolute Gasteiger partial charge is 0.468 e. The molecule has 0 unspecified atom stereocenters. The highest BCUT2D eigenvalue weighted by Crippen LogP contribution is 2.35. The van der Waals surface area contributed by atoms with E-state index in [1.165, 1.54) is 7.11 Å². The second-order valence-electron chi connectivity index (χ2n) is 3.88. The number of benzene rings is 1. The molecule has 80 valence electrons. The van der Waals surface area contributed by atoms with Crippen molar-refractivity contribution in [3.8, 4) is 0 Å². The van der Waals surface area contributed by atoms with Crippen LogP contribution in [0, 0.1) is 6.92 Å². The summed E-state index contributed by atoms with van der Waals surface area (Å²) in [7, 11) is 1.42. The van der Waals surface area contributed by atoms with Gasteiger partial charge in [0.15, 0.2) is 0 Å². The molecule has 3 nitrogen and oxygen atoms in total. The Balaban J connectivity index is 2.43. The predicted molar refractivity (Wildman–Crippen MR) is 55.7 cm³/mol. The lowest BCUT2D eigenvalue weighted by molar-refractivity contribution is -0.166. The number of esters is 1. The van der Waals surface area contributed by atoms with Gasteiger partial charge in [0.1, 0.15) is 5.41 Å². The van der Waals surface area contributed by atoms with Gasteiger partial charge in [-0.3, -0.25) is 4.79 Å². The first-order valence-electron chi connectivity index (χ1n) is 4.93. The van der Waals surface area contributed by atoms with Crippen LogP contribution >= 0.6 is 0 Å². The van der Waals surface area contributed by atoms with Crippen LogP contribution in [0.1, 0.15) is 11.1 Å². The fourth-order valence-electron chi connectivity index (χ4n) is 1.99. The van der Waals surface area contributed by atoms with Gasteiger partial charge in [-0.2, -0.15) is 0 Å². The van der Waals surface area contributed by atoms with Crippen LogP contribution in [0.2, 0.25) is 0 Å². The van der Waals surface area contributed by atoms with Gasteiger partial charge in [0.2, 0.25) is 0 Å². The molecule has 15 heavy (non-hydrogen) atoms. The number of rotatable bonds is 2. The minimum Gasteiger partial charge on any atom is -0.468 e. The van der Waals surface area contributed by atoms with Crippen molar-refractivity contribution in [1.29, 1.82) is 0 Å². The summed E-state index contributed by atoms with van der Waals surface area (Å²) < 4.78 is 10.0. The number of carbonyl (C=O) groups is 1. The molecule has 1 aliphatic heterocycles. The van der Waals surface area contributed by atoms with Gasteiger partial charge in [-0.15, -0.1) is 0 Å². The van der Waals surface area contributed by atoms with Crippen molar-refractivity contribution in [1.82, 2.24) is 0 Å². The number of carbonyl (C=O) groups excluding carboxylic acids is 1. The zero-order chi connectivity index (χ0) is 10.9. The second kappa shape index (κ2) is 3.66. The zero-order valence-electron chi connectivity index (χ0n) is 8.95. The molecule has 0 aromatic heterocycles. The van der Waals surface area contributed by atoms with Crippen molar-refractivity contribution in [2.75, 3.05) is 20.3 Å². The third-order valence-corrected chi connectivity index (χ3v) is 2.93. The van der Waals surface area contributed by atoms with Crippen LogP contribution in [0.3, 0.4) is 0 Å². The van der Waals surface area contributed by atoms with E-state index in [4.69, 9.17) is 9.47 Å². The van der Waals surface area contributed by atoms with E-state index in [9.17, 15) is 4.79 Å². The molecule has 0 amide bonds. The van der Waals surface area contributed by atoms with E-state index in [0.717, 1.165) is 11.1 Å². The average Bonchev–Trinajstić information content (AvgIpc) is 2.19. The zero-order valence-corrected chi connectivity index (χ0v) is 8.95. The Labute approximate surface area is 89.0 Å². The minimum atomic E-state index is -0.569. The molecule has 0 aliphatic carbocycles. The molecule has 1 heterocycles. The molecule has 0 radical (unpaired) electrons. The molecule has 1 aromatic rings. The summed E-state index contributed by atoms with van der Waals surface area (Å²) >= 11 is 0. The van der Waals surface area contributed by atoms with Gasteiger partial charge in [-0.1, -0.05) is 24.3 Å². The lowest BCUT2D eigenvalue weighted by atomic mass is 9.76. The maximum atomic E-state index is 11.8. The van der Waals surface area contributed by atoms with Crippen LogP contribution in [0.15, 0.2) is 24.3 Å². The lowest BCUT2D eigenvalue weighted by Crippen LogP contribution is -2.54. The lowest BCUT2D eigenvalue weighted by Gasteiger charge is -2.39. The molecule has 1 aromatic carbocycles. The maximum Gasteiger partial charge on any atom is 0.321 e. The van der Waals surface area contributed by atoms with Gasteiger partial charge in [0.05, 0.1) is 20.3 Å². The Bertz CT molecular complexity index is 380. The highest BCUT2D eigenvalue weighted by atomic mass is 16.5. The van der Waals surface area contributed by atoms with Crippen molar-refractivity contribution in [3.63, 3.8) is 0 Å². The number of methoxy groups -OCH3 is 1. The van der Waals surface area contributed by atoms with Gasteiger partial charge in [0.25, 0.3) is 0 Å². The summed E-state index contributed by atoms with van der Waals surface area (Å²) in [5.41, 5.74) is 1.55. The summed E-state index contributed by atoms with van der Waals surface area (Å²) in [6.07, 6.45) is 0. The van der Waals surface area contributed by atoms with Crippen molar-refractivity contribution >= 4 is 5.97 Å². The summed E-state index contributed by atoms with van der Waals surface area (Å²) in [6.45, 7) is 2.84. The van der Waals surface area contributed by atoms with E-state index in [1.807, 2.05) is 31.2 Å². The smallest absolute Gasteiger partial charge is 0.321 e. The third kappa shape index (κ3) is 1.43. The number of hydrogen-bond donors (Lipinski definition) is 0. The SMILES string of the molecule is COC(=O)C1(c2ccccc2C)COC1. The molecule has 0 bridgehead atoms. The second-order valence-corrected chi connectivity index (χ2v) is 3.88. The summed E-state index contributed by atoms with van der Waals surface area (Å²) in [6, 6.07) is 7.86. The van der Waals surface area contributed by atoms with Crippen LogP contribution in [0.25, 0.3) is 0 Å². The Morgan fingerprint density at radius 1 is 1.40 bits per heavy atom. The Hall–Kier alpha value is -1.35. The Kier molecular flexibility index (Phi) is 2.49. The first-order chi connectivity index (χ1) is 7.20. The van der Waals surface area contributed by atoms with Crippen LogP contribution in [-0.2, 0) is 19.7 Å². The molecule has 2 rings (SSSR count). The van der Waals surface area contributed by atoms with Gasteiger partial charge in [-0.25, -0.2) is 0 Å². The predicted octanol–water partition coefficient (Wildman–Crippen LogP) is 1.44. The van der Waals surface area contributed by atoms with E-state index < -0.39 is 5.41 Å². The molecule has 1 saturated heterocycles. The fourth-order valence-corrected chi connectivity index (χ4v) is 1.99.